The molecule has 4 nitrogen and oxygen atoms in total. The molecule has 1 aromatic carbocycles. The average Bonchev–Trinajstić information content (AvgIpc) is 2.49. The number of benzene rings is 1. The molecule has 0 radical (unpaired) electrons. The van der Waals surface area contributed by atoms with Crippen LogP contribution in [0.25, 0.3) is 0 Å². The number of anilines is 1. The van der Waals surface area contributed by atoms with Crippen molar-refractivity contribution < 1.29 is 9.53 Å². The van der Waals surface area contributed by atoms with Gasteiger partial charge in [-0.1, -0.05) is 26.0 Å². The van der Waals surface area contributed by atoms with Gasteiger partial charge in [0.25, 0.3) is 0 Å². The zero-order chi connectivity index (χ0) is 18.3. The summed E-state index contributed by atoms with van der Waals surface area (Å²) in [4.78, 5) is 14.4. The summed E-state index contributed by atoms with van der Waals surface area (Å²) in [6.45, 7) is 15.7. The molecular formula is C20H34N2O2. The number of hydrogen-bond donors (Lipinski definition) is 1. The monoisotopic (exact) mass is 334 g/mol. The number of ether oxygens (including phenoxy) is 1. The Kier molecular flexibility index (Phi) is 7.59. The van der Waals surface area contributed by atoms with E-state index in [0.29, 0.717) is 6.54 Å². The zero-order valence-corrected chi connectivity index (χ0v) is 16.4. The van der Waals surface area contributed by atoms with E-state index in [1.807, 2.05) is 25.7 Å². The number of nitrogens with zero attached hydrogens (tertiary/aromatic N) is 1. The van der Waals surface area contributed by atoms with Gasteiger partial charge in [-0.05, 0) is 64.7 Å². The Hall–Kier alpha value is -1.71. The minimum Gasteiger partial charge on any atom is -0.444 e. The first kappa shape index (κ1) is 20.3. The minimum absolute atomic E-state index is 0.0254. The normalized spacial score (nSPS) is 12.6. The predicted octanol–water partition coefficient (Wildman–Crippen LogP) is 5.53. The van der Waals surface area contributed by atoms with E-state index in [9.17, 15) is 4.79 Å². The van der Waals surface area contributed by atoms with E-state index >= 15 is 0 Å². The number of hydrogen-bond acceptors (Lipinski definition) is 3. The number of carbonyl (C=O) groups is 1. The van der Waals surface area contributed by atoms with Crippen LogP contribution in [0.4, 0.5) is 10.5 Å². The Labute approximate surface area is 147 Å². The molecule has 0 aliphatic carbocycles. The van der Waals surface area contributed by atoms with Gasteiger partial charge in [-0.3, -0.25) is 0 Å². The summed E-state index contributed by atoms with van der Waals surface area (Å²) in [6, 6.07) is 6.35. The molecule has 0 aromatic heterocycles. The fraction of sp³-hybridized carbons (Fsp3) is 0.650. The minimum atomic E-state index is -0.482. The van der Waals surface area contributed by atoms with Gasteiger partial charge in [-0.2, -0.15) is 0 Å². The van der Waals surface area contributed by atoms with Crippen LogP contribution < -0.4 is 5.32 Å². The largest absolute Gasteiger partial charge is 0.444 e. The van der Waals surface area contributed by atoms with Crippen molar-refractivity contribution in [3.05, 3.63) is 29.3 Å². The average molecular weight is 335 g/mol. The van der Waals surface area contributed by atoms with Crippen molar-refractivity contribution in [1.82, 2.24) is 4.90 Å². The number of aryl methyl sites for hydroxylation is 1. The van der Waals surface area contributed by atoms with Crippen LogP contribution in [0.1, 0.15) is 71.6 Å². The SMILES string of the molecule is CCCNc1cc(C(C)N(CCC)C(=O)OC(C)(C)C)ccc1C. The summed E-state index contributed by atoms with van der Waals surface area (Å²) in [6.07, 6.45) is 1.73. The molecule has 0 saturated carbocycles. The smallest absolute Gasteiger partial charge is 0.410 e. The highest BCUT2D eigenvalue weighted by Gasteiger charge is 2.26. The van der Waals surface area contributed by atoms with Gasteiger partial charge in [0.1, 0.15) is 5.60 Å². The Balaban J connectivity index is 3.01. The van der Waals surface area contributed by atoms with Crippen LogP contribution in [-0.2, 0) is 4.74 Å². The molecule has 1 rings (SSSR count). The first-order valence-corrected chi connectivity index (χ1v) is 9.03. The van der Waals surface area contributed by atoms with Gasteiger partial charge in [-0.25, -0.2) is 4.79 Å². The second-order valence-corrected chi connectivity index (χ2v) is 7.35. The highest BCUT2D eigenvalue weighted by Crippen LogP contribution is 2.27. The maximum absolute atomic E-state index is 12.6. The lowest BCUT2D eigenvalue weighted by molar-refractivity contribution is 0.0173. The van der Waals surface area contributed by atoms with E-state index in [1.54, 1.807) is 0 Å². The second-order valence-electron chi connectivity index (χ2n) is 7.35. The van der Waals surface area contributed by atoms with Crippen LogP contribution in [0.2, 0.25) is 0 Å². The Morgan fingerprint density at radius 2 is 1.92 bits per heavy atom. The summed E-state index contributed by atoms with van der Waals surface area (Å²) < 4.78 is 5.59. The molecule has 0 aliphatic heterocycles. The van der Waals surface area contributed by atoms with Crippen molar-refractivity contribution in [3.8, 4) is 0 Å². The van der Waals surface area contributed by atoms with Crippen LogP contribution >= 0.6 is 0 Å². The molecular weight excluding hydrogens is 300 g/mol. The van der Waals surface area contributed by atoms with Crippen molar-refractivity contribution in [1.29, 1.82) is 0 Å². The molecule has 0 spiro atoms. The number of rotatable bonds is 7. The predicted molar refractivity (Wildman–Crippen MR) is 102 cm³/mol. The van der Waals surface area contributed by atoms with Gasteiger partial charge in [-0.15, -0.1) is 0 Å². The van der Waals surface area contributed by atoms with Crippen LogP contribution in [0.5, 0.6) is 0 Å². The van der Waals surface area contributed by atoms with Crippen molar-refractivity contribution in [2.75, 3.05) is 18.4 Å². The van der Waals surface area contributed by atoms with Crippen LogP contribution in [0.3, 0.4) is 0 Å². The molecule has 0 saturated heterocycles. The van der Waals surface area contributed by atoms with Gasteiger partial charge in [0.05, 0.1) is 6.04 Å². The summed E-state index contributed by atoms with van der Waals surface area (Å²) in [5.41, 5.74) is 3.00. The summed E-state index contributed by atoms with van der Waals surface area (Å²) in [5, 5.41) is 3.46. The lowest BCUT2D eigenvalue weighted by Gasteiger charge is -2.32. The van der Waals surface area contributed by atoms with Crippen LogP contribution in [0.15, 0.2) is 18.2 Å². The first-order chi connectivity index (χ1) is 11.2. The summed E-state index contributed by atoms with van der Waals surface area (Å²) >= 11 is 0. The molecule has 0 heterocycles. The standard InChI is InChI=1S/C20H34N2O2/c1-8-12-21-18-14-17(11-10-15(18)3)16(4)22(13-9-2)19(23)24-20(5,6)7/h10-11,14,16,21H,8-9,12-13H2,1-7H3. The maximum Gasteiger partial charge on any atom is 0.410 e. The fourth-order valence-electron chi connectivity index (χ4n) is 2.53. The summed E-state index contributed by atoms with van der Waals surface area (Å²) in [7, 11) is 0. The Bertz CT molecular complexity index is 535. The van der Waals surface area contributed by atoms with E-state index in [4.69, 9.17) is 4.74 Å². The third-order valence-corrected chi connectivity index (χ3v) is 3.87. The Morgan fingerprint density at radius 3 is 2.46 bits per heavy atom. The van der Waals surface area contributed by atoms with Crippen molar-refractivity contribution in [3.63, 3.8) is 0 Å². The summed E-state index contributed by atoms with van der Waals surface area (Å²) in [5.74, 6) is 0. The quantitative estimate of drug-likeness (QED) is 0.713. The highest BCUT2D eigenvalue weighted by atomic mass is 16.6. The molecule has 0 bridgehead atoms. The third-order valence-electron chi connectivity index (χ3n) is 3.87. The van der Waals surface area contributed by atoms with Gasteiger partial charge >= 0.3 is 6.09 Å². The van der Waals surface area contributed by atoms with Crippen LogP contribution in [0, 0.1) is 6.92 Å². The molecule has 1 aromatic rings. The number of carbonyl (C=O) groups excluding carboxylic acids is 1. The molecule has 136 valence electrons. The van der Waals surface area contributed by atoms with Gasteiger partial charge in [0.15, 0.2) is 0 Å². The van der Waals surface area contributed by atoms with Gasteiger partial charge in [0, 0.05) is 18.8 Å². The molecule has 4 heteroatoms. The van der Waals surface area contributed by atoms with E-state index < -0.39 is 5.60 Å². The molecule has 0 fully saturated rings. The molecule has 0 aliphatic rings. The lowest BCUT2D eigenvalue weighted by Crippen LogP contribution is -2.38. The molecule has 24 heavy (non-hydrogen) atoms. The first-order valence-electron chi connectivity index (χ1n) is 9.03. The van der Waals surface area contributed by atoms with Gasteiger partial charge in [0.2, 0.25) is 0 Å². The Morgan fingerprint density at radius 1 is 1.25 bits per heavy atom. The second kappa shape index (κ2) is 8.95. The molecule has 1 amide bonds. The highest BCUT2D eigenvalue weighted by molar-refractivity contribution is 5.69. The maximum atomic E-state index is 12.6. The van der Waals surface area contributed by atoms with Crippen molar-refractivity contribution >= 4 is 11.8 Å². The van der Waals surface area contributed by atoms with Crippen LogP contribution in [-0.4, -0.2) is 29.7 Å². The molecule has 1 unspecified atom stereocenters. The van der Waals surface area contributed by atoms with E-state index in [1.165, 1.54) is 5.56 Å². The molecule has 1 atom stereocenters. The lowest BCUT2D eigenvalue weighted by atomic mass is 10.0. The van der Waals surface area contributed by atoms with Crippen molar-refractivity contribution in [2.45, 2.75) is 73.0 Å². The van der Waals surface area contributed by atoms with Gasteiger partial charge < -0.3 is 15.0 Å². The fourth-order valence-corrected chi connectivity index (χ4v) is 2.53. The van der Waals surface area contributed by atoms with E-state index in [0.717, 1.165) is 30.6 Å². The number of nitrogens with one attached hydrogen (secondary N) is 1. The molecule has 1 N–H and O–H groups in total. The van der Waals surface area contributed by atoms with E-state index in [-0.39, 0.29) is 12.1 Å². The van der Waals surface area contributed by atoms with E-state index in [2.05, 4.69) is 51.2 Å². The third kappa shape index (κ3) is 6.06. The number of amides is 1. The topological polar surface area (TPSA) is 41.6 Å². The van der Waals surface area contributed by atoms with Crippen molar-refractivity contribution in [2.24, 2.45) is 0 Å². The zero-order valence-electron chi connectivity index (χ0n) is 16.4.